The summed E-state index contributed by atoms with van der Waals surface area (Å²) in [5.41, 5.74) is -3.92. The zero-order chi connectivity index (χ0) is 15.3. The first-order chi connectivity index (χ1) is 9.92. The van der Waals surface area contributed by atoms with Crippen LogP contribution in [0.3, 0.4) is 0 Å². The van der Waals surface area contributed by atoms with E-state index in [4.69, 9.17) is 4.42 Å². The van der Waals surface area contributed by atoms with Crippen molar-refractivity contribution < 1.29 is 22.4 Å². The molecule has 4 nitrogen and oxygen atoms in total. The van der Waals surface area contributed by atoms with Crippen LogP contribution in [0.15, 0.2) is 52.0 Å². The lowest BCUT2D eigenvalue weighted by molar-refractivity contribution is -0.0328. The normalized spacial score (nSPS) is 11.2. The van der Waals surface area contributed by atoms with Crippen LogP contribution in [0, 0.1) is 0 Å². The topological polar surface area (TPSA) is 54.3 Å². The van der Waals surface area contributed by atoms with Gasteiger partial charge in [-0.25, -0.2) is 4.79 Å². The maximum atomic E-state index is 12.2. The molecule has 0 aliphatic rings. The van der Waals surface area contributed by atoms with Crippen LogP contribution >= 0.6 is 11.8 Å². The molecule has 0 saturated heterocycles. The third kappa shape index (κ3) is 5.42. The maximum Gasteiger partial charge on any atom is 0.446 e. The molecule has 0 spiro atoms. The van der Waals surface area contributed by atoms with Crippen LogP contribution in [0.5, 0.6) is 0 Å². The molecule has 1 heterocycles. The fourth-order valence-electron chi connectivity index (χ4n) is 1.50. The summed E-state index contributed by atoms with van der Waals surface area (Å²) in [6, 6.07) is 8.33. The Labute approximate surface area is 122 Å². The van der Waals surface area contributed by atoms with Crippen molar-refractivity contribution in [2.75, 3.05) is 5.32 Å². The summed E-state index contributed by atoms with van der Waals surface area (Å²) in [6.07, 6.45) is 1.49. The van der Waals surface area contributed by atoms with Crippen LogP contribution in [-0.4, -0.2) is 11.5 Å². The smallest absolute Gasteiger partial charge is 0.446 e. The van der Waals surface area contributed by atoms with Crippen molar-refractivity contribution in [3.05, 3.63) is 48.4 Å². The number of carbonyl (C=O) groups excluding carboxylic acids is 1. The SMILES string of the molecule is O=C(NCc1ccco1)Nc1ccc(SC(F)(F)F)cc1. The summed E-state index contributed by atoms with van der Waals surface area (Å²) in [7, 11) is 0. The first-order valence-electron chi connectivity index (χ1n) is 5.85. The van der Waals surface area contributed by atoms with Gasteiger partial charge in [0.1, 0.15) is 5.76 Å². The van der Waals surface area contributed by atoms with Gasteiger partial charge in [0.15, 0.2) is 0 Å². The Morgan fingerprint density at radius 3 is 2.48 bits per heavy atom. The lowest BCUT2D eigenvalue weighted by atomic mass is 10.3. The fraction of sp³-hybridized carbons (Fsp3) is 0.154. The molecule has 0 radical (unpaired) electrons. The average molecular weight is 316 g/mol. The van der Waals surface area contributed by atoms with E-state index in [1.165, 1.54) is 30.5 Å². The summed E-state index contributed by atoms with van der Waals surface area (Å²) in [5, 5.41) is 5.07. The standard InChI is InChI=1S/C13H11F3N2O2S/c14-13(15,16)21-11-5-3-9(4-6-11)18-12(19)17-8-10-2-1-7-20-10/h1-7H,8H2,(H2,17,18,19). The first-order valence-corrected chi connectivity index (χ1v) is 6.67. The average Bonchev–Trinajstić information content (AvgIpc) is 2.90. The van der Waals surface area contributed by atoms with Crippen molar-refractivity contribution in [2.45, 2.75) is 16.9 Å². The molecule has 0 aliphatic carbocycles. The third-order valence-corrected chi connectivity index (χ3v) is 3.09. The van der Waals surface area contributed by atoms with Crippen molar-refractivity contribution in [2.24, 2.45) is 0 Å². The molecule has 0 unspecified atom stereocenters. The Bertz CT molecular complexity index is 582. The largest absolute Gasteiger partial charge is 0.467 e. The van der Waals surface area contributed by atoms with Crippen molar-refractivity contribution in [3.63, 3.8) is 0 Å². The number of carbonyl (C=O) groups is 1. The van der Waals surface area contributed by atoms with Crippen molar-refractivity contribution in [1.82, 2.24) is 5.32 Å². The summed E-state index contributed by atoms with van der Waals surface area (Å²) < 4.78 is 41.5. The van der Waals surface area contributed by atoms with Crippen LogP contribution in [0.25, 0.3) is 0 Å². The minimum atomic E-state index is -4.32. The minimum Gasteiger partial charge on any atom is -0.467 e. The maximum absolute atomic E-state index is 12.2. The molecule has 1 aromatic carbocycles. The molecule has 0 atom stereocenters. The van der Waals surface area contributed by atoms with E-state index in [0.717, 1.165) is 0 Å². The Balaban J connectivity index is 1.83. The Morgan fingerprint density at radius 2 is 1.90 bits per heavy atom. The van der Waals surface area contributed by atoms with Crippen LogP contribution in [0.2, 0.25) is 0 Å². The molecule has 2 amide bonds. The third-order valence-electron chi connectivity index (χ3n) is 2.35. The molecular formula is C13H11F3N2O2S. The van der Waals surface area contributed by atoms with E-state index in [1.807, 2.05) is 0 Å². The number of urea groups is 1. The predicted molar refractivity (Wildman–Crippen MR) is 72.9 cm³/mol. The van der Waals surface area contributed by atoms with Gasteiger partial charge in [0, 0.05) is 10.6 Å². The van der Waals surface area contributed by atoms with E-state index in [2.05, 4.69) is 10.6 Å². The highest BCUT2D eigenvalue weighted by molar-refractivity contribution is 8.00. The quantitative estimate of drug-likeness (QED) is 0.831. The molecule has 21 heavy (non-hydrogen) atoms. The van der Waals surface area contributed by atoms with Gasteiger partial charge in [-0.3, -0.25) is 0 Å². The van der Waals surface area contributed by atoms with Crippen LogP contribution in [-0.2, 0) is 6.54 Å². The van der Waals surface area contributed by atoms with Gasteiger partial charge >= 0.3 is 11.5 Å². The fourth-order valence-corrected chi connectivity index (χ4v) is 2.04. The van der Waals surface area contributed by atoms with Gasteiger partial charge < -0.3 is 15.1 Å². The number of hydrogen-bond donors (Lipinski definition) is 2. The lowest BCUT2D eigenvalue weighted by Gasteiger charge is -2.08. The second kappa shape index (κ2) is 6.57. The summed E-state index contributed by atoms with van der Waals surface area (Å²) in [6.45, 7) is 0.223. The Morgan fingerprint density at radius 1 is 1.19 bits per heavy atom. The van der Waals surface area contributed by atoms with Crippen LogP contribution in [0.4, 0.5) is 23.7 Å². The van der Waals surface area contributed by atoms with E-state index < -0.39 is 11.5 Å². The molecule has 2 rings (SSSR count). The van der Waals surface area contributed by atoms with E-state index in [9.17, 15) is 18.0 Å². The van der Waals surface area contributed by atoms with Gasteiger partial charge in [-0.15, -0.1) is 0 Å². The zero-order valence-electron chi connectivity index (χ0n) is 10.6. The van der Waals surface area contributed by atoms with Crippen LogP contribution in [0.1, 0.15) is 5.76 Å². The zero-order valence-corrected chi connectivity index (χ0v) is 11.4. The minimum absolute atomic E-state index is 0.0593. The number of amides is 2. The number of halogens is 3. The van der Waals surface area contributed by atoms with Gasteiger partial charge in [0.25, 0.3) is 0 Å². The highest BCUT2D eigenvalue weighted by Gasteiger charge is 2.28. The lowest BCUT2D eigenvalue weighted by Crippen LogP contribution is -2.27. The molecule has 112 valence electrons. The first kappa shape index (κ1) is 15.3. The van der Waals surface area contributed by atoms with Gasteiger partial charge in [0.05, 0.1) is 12.8 Å². The number of benzene rings is 1. The highest BCUT2D eigenvalue weighted by Crippen LogP contribution is 2.36. The van der Waals surface area contributed by atoms with Gasteiger partial charge in [0.2, 0.25) is 0 Å². The molecule has 2 aromatic rings. The predicted octanol–water partition coefficient (Wildman–Crippen LogP) is 4.21. The number of anilines is 1. The number of hydrogen-bond acceptors (Lipinski definition) is 3. The van der Waals surface area contributed by atoms with E-state index in [0.29, 0.717) is 11.4 Å². The molecule has 0 saturated carbocycles. The summed E-state index contributed by atoms with van der Waals surface area (Å²) in [4.78, 5) is 11.6. The van der Waals surface area contributed by atoms with Gasteiger partial charge in [-0.05, 0) is 48.2 Å². The van der Waals surface area contributed by atoms with Gasteiger partial charge in [-0.1, -0.05) is 0 Å². The second-order valence-electron chi connectivity index (χ2n) is 3.96. The van der Waals surface area contributed by atoms with Crippen molar-refractivity contribution in [1.29, 1.82) is 0 Å². The number of nitrogens with one attached hydrogen (secondary N) is 2. The second-order valence-corrected chi connectivity index (χ2v) is 5.10. The Hall–Kier alpha value is -2.09. The van der Waals surface area contributed by atoms with Crippen molar-refractivity contribution >= 4 is 23.5 Å². The van der Waals surface area contributed by atoms with Crippen LogP contribution < -0.4 is 10.6 Å². The van der Waals surface area contributed by atoms with E-state index in [-0.39, 0.29) is 23.2 Å². The van der Waals surface area contributed by atoms with Gasteiger partial charge in [-0.2, -0.15) is 13.2 Å². The Kier molecular flexibility index (Phi) is 4.79. The molecular weight excluding hydrogens is 305 g/mol. The number of thioether (sulfide) groups is 1. The molecule has 0 bridgehead atoms. The highest BCUT2D eigenvalue weighted by atomic mass is 32.2. The monoisotopic (exact) mass is 316 g/mol. The summed E-state index contributed by atoms with van der Waals surface area (Å²) in [5.74, 6) is 0.599. The summed E-state index contributed by atoms with van der Waals surface area (Å²) >= 11 is -0.204. The van der Waals surface area contributed by atoms with E-state index in [1.54, 1.807) is 12.1 Å². The van der Waals surface area contributed by atoms with E-state index >= 15 is 0 Å². The molecule has 2 N–H and O–H groups in total. The number of rotatable bonds is 4. The number of furan rings is 1. The molecule has 8 heteroatoms. The number of alkyl halides is 3. The molecule has 1 aromatic heterocycles. The molecule has 0 aliphatic heterocycles. The molecule has 0 fully saturated rings. The van der Waals surface area contributed by atoms with Crippen molar-refractivity contribution in [3.8, 4) is 0 Å².